The van der Waals surface area contributed by atoms with Gasteiger partial charge in [0.2, 0.25) is 0 Å². The van der Waals surface area contributed by atoms with Crippen molar-refractivity contribution in [1.82, 2.24) is 15.6 Å². The van der Waals surface area contributed by atoms with Gasteiger partial charge in [0.15, 0.2) is 0 Å². The van der Waals surface area contributed by atoms with Crippen LogP contribution in [-0.4, -0.2) is 40.0 Å². The van der Waals surface area contributed by atoms with E-state index in [9.17, 15) is 18.0 Å². The largest absolute Gasteiger partial charge is 0.494 e. The molecular formula is C19H23N3O6S. The van der Waals surface area contributed by atoms with Gasteiger partial charge in [-0.05, 0) is 62.4 Å². The molecule has 9 nitrogen and oxygen atoms in total. The van der Waals surface area contributed by atoms with E-state index in [1.54, 1.807) is 24.3 Å². The number of nitrogens with one attached hydrogen (secondary N) is 3. The highest BCUT2D eigenvalue weighted by atomic mass is 32.2. The van der Waals surface area contributed by atoms with Gasteiger partial charge in [-0.3, -0.25) is 15.0 Å². The maximum atomic E-state index is 12.2. The molecule has 0 bridgehead atoms. The molecule has 2 amide bonds. The van der Waals surface area contributed by atoms with Crippen LogP contribution in [0.2, 0.25) is 0 Å². The van der Waals surface area contributed by atoms with E-state index in [4.69, 9.17) is 9.47 Å². The minimum Gasteiger partial charge on any atom is -0.494 e. The molecule has 0 unspecified atom stereocenters. The lowest BCUT2D eigenvalue weighted by molar-refractivity contribution is -0.120. The van der Waals surface area contributed by atoms with Crippen LogP contribution in [0.1, 0.15) is 24.2 Å². The molecule has 0 saturated heterocycles. The number of amides is 2. The van der Waals surface area contributed by atoms with Crippen LogP contribution in [0.25, 0.3) is 0 Å². The van der Waals surface area contributed by atoms with Crippen LogP contribution in [-0.2, 0) is 14.8 Å². The summed E-state index contributed by atoms with van der Waals surface area (Å²) >= 11 is 0. The van der Waals surface area contributed by atoms with Crippen molar-refractivity contribution in [1.29, 1.82) is 0 Å². The Hall–Kier alpha value is -3.11. The highest BCUT2D eigenvalue weighted by Crippen LogP contribution is 2.15. The van der Waals surface area contributed by atoms with Crippen molar-refractivity contribution >= 4 is 21.8 Å². The number of rotatable bonds is 10. The molecule has 0 saturated carbocycles. The lowest BCUT2D eigenvalue weighted by Gasteiger charge is -2.10. The number of hydrogen-bond donors (Lipinski definition) is 3. The predicted molar refractivity (Wildman–Crippen MR) is 106 cm³/mol. The third-order valence-corrected chi connectivity index (χ3v) is 4.87. The number of sulfonamides is 1. The zero-order valence-electron chi connectivity index (χ0n) is 16.1. The fourth-order valence-electron chi connectivity index (χ4n) is 2.24. The molecule has 0 fully saturated rings. The first-order valence-electron chi connectivity index (χ1n) is 8.90. The van der Waals surface area contributed by atoms with Gasteiger partial charge in [0.1, 0.15) is 11.5 Å². The number of hydrazine groups is 1. The van der Waals surface area contributed by atoms with Gasteiger partial charge in [-0.2, -0.15) is 0 Å². The second kappa shape index (κ2) is 10.4. The van der Waals surface area contributed by atoms with Gasteiger partial charge >= 0.3 is 0 Å². The van der Waals surface area contributed by atoms with E-state index in [1.807, 2.05) is 18.7 Å². The minimum absolute atomic E-state index is 0.0420. The molecule has 0 aromatic heterocycles. The van der Waals surface area contributed by atoms with E-state index in [1.165, 1.54) is 24.3 Å². The monoisotopic (exact) mass is 421 g/mol. The molecule has 2 aromatic rings. The van der Waals surface area contributed by atoms with Crippen molar-refractivity contribution in [2.75, 3.05) is 19.8 Å². The lowest BCUT2D eigenvalue weighted by Crippen LogP contribution is -2.46. The van der Waals surface area contributed by atoms with Crippen LogP contribution < -0.4 is 25.0 Å². The van der Waals surface area contributed by atoms with E-state index in [0.717, 1.165) is 0 Å². The molecule has 2 aromatic carbocycles. The number of ether oxygens (including phenoxy) is 2. The molecule has 0 spiro atoms. The van der Waals surface area contributed by atoms with Gasteiger partial charge in [-0.25, -0.2) is 8.42 Å². The molecule has 0 aliphatic heterocycles. The first-order valence-corrected chi connectivity index (χ1v) is 10.4. The molecule has 0 atom stereocenters. The Kier molecular flexibility index (Phi) is 7.98. The van der Waals surface area contributed by atoms with Crippen LogP contribution in [0, 0.1) is 0 Å². The SMILES string of the molecule is CCOc1ccc(C(=O)NCC(=O)NNS(=O)(=O)c2ccc(OCC)cc2)cc1. The quantitative estimate of drug-likeness (QED) is 0.496. The predicted octanol–water partition coefficient (Wildman–Crippen LogP) is 1.22. The fourth-order valence-corrected chi connectivity index (χ4v) is 3.10. The van der Waals surface area contributed by atoms with E-state index in [-0.39, 0.29) is 4.90 Å². The highest BCUT2D eigenvalue weighted by Gasteiger charge is 2.15. The zero-order valence-corrected chi connectivity index (χ0v) is 16.9. The molecule has 29 heavy (non-hydrogen) atoms. The molecular weight excluding hydrogens is 398 g/mol. The van der Waals surface area contributed by atoms with Crippen molar-refractivity contribution in [3.63, 3.8) is 0 Å². The summed E-state index contributed by atoms with van der Waals surface area (Å²) in [4.78, 5) is 25.8. The third kappa shape index (κ3) is 6.77. The first kappa shape index (κ1) is 22.2. The van der Waals surface area contributed by atoms with Crippen molar-refractivity contribution in [3.05, 3.63) is 54.1 Å². The van der Waals surface area contributed by atoms with Gasteiger partial charge in [0.25, 0.3) is 21.8 Å². The minimum atomic E-state index is -3.95. The summed E-state index contributed by atoms with van der Waals surface area (Å²) in [6.45, 7) is 4.23. The first-order chi connectivity index (χ1) is 13.9. The molecule has 156 valence electrons. The molecule has 10 heteroatoms. The van der Waals surface area contributed by atoms with E-state index in [2.05, 4.69) is 10.7 Å². The summed E-state index contributed by atoms with van der Waals surface area (Å²) in [5.74, 6) is -0.0330. The summed E-state index contributed by atoms with van der Waals surface area (Å²) in [5, 5.41) is 2.40. The van der Waals surface area contributed by atoms with E-state index in [0.29, 0.717) is 30.3 Å². The Balaban J connectivity index is 1.83. The van der Waals surface area contributed by atoms with Crippen molar-refractivity contribution in [3.8, 4) is 11.5 Å². The molecule has 0 heterocycles. The van der Waals surface area contributed by atoms with E-state index < -0.39 is 28.4 Å². The zero-order chi connectivity index (χ0) is 21.3. The lowest BCUT2D eigenvalue weighted by atomic mass is 10.2. The average Bonchev–Trinajstić information content (AvgIpc) is 2.72. The summed E-state index contributed by atoms with van der Waals surface area (Å²) < 4.78 is 34.9. The molecule has 3 N–H and O–H groups in total. The van der Waals surface area contributed by atoms with Gasteiger partial charge in [-0.1, -0.05) is 0 Å². The Labute approximate surface area is 169 Å². The Morgan fingerprint density at radius 2 is 1.38 bits per heavy atom. The Morgan fingerprint density at radius 3 is 1.90 bits per heavy atom. The smallest absolute Gasteiger partial charge is 0.257 e. The highest BCUT2D eigenvalue weighted by molar-refractivity contribution is 7.89. The van der Waals surface area contributed by atoms with E-state index >= 15 is 0 Å². The average molecular weight is 421 g/mol. The molecule has 0 aliphatic carbocycles. The topological polar surface area (TPSA) is 123 Å². The third-order valence-electron chi connectivity index (χ3n) is 3.61. The van der Waals surface area contributed by atoms with Crippen LogP contribution in [0.4, 0.5) is 0 Å². The summed E-state index contributed by atoms with van der Waals surface area (Å²) in [6, 6.07) is 12.1. The maximum Gasteiger partial charge on any atom is 0.257 e. The number of benzene rings is 2. The normalized spacial score (nSPS) is 10.8. The van der Waals surface area contributed by atoms with Crippen LogP contribution in [0.5, 0.6) is 11.5 Å². The fraction of sp³-hybridized carbons (Fsp3) is 0.263. The summed E-state index contributed by atoms with van der Waals surface area (Å²) in [7, 11) is -3.95. The van der Waals surface area contributed by atoms with Gasteiger partial charge < -0.3 is 14.8 Å². The van der Waals surface area contributed by atoms with Gasteiger partial charge in [0.05, 0.1) is 24.7 Å². The van der Waals surface area contributed by atoms with Crippen molar-refractivity contribution < 1.29 is 27.5 Å². The Morgan fingerprint density at radius 1 is 0.862 bits per heavy atom. The molecule has 0 radical (unpaired) electrons. The molecule has 2 rings (SSSR count). The summed E-state index contributed by atoms with van der Waals surface area (Å²) in [5.41, 5.74) is 2.39. The van der Waals surface area contributed by atoms with Crippen LogP contribution in [0.3, 0.4) is 0 Å². The number of carbonyl (C=O) groups excluding carboxylic acids is 2. The van der Waals surface area contributed by atoms with Crippen LogP contribution >= 0.6 is 0 Å². The molecule has 0 aliphatic rings. The summed E-state index contributed by atoms with van der Waals surface area (Å²) in [6.07, 6.45) is 0. The number of carbonyl (C=O) groups is 2. The second-order valence-electron chi connectivity index (χ2n) is 5.70. The number of hydrogen-bond acceptors (Lipinski definition) is 6. The standard InChI is InChI=1S/C19H23N3O6S/c1-3-27-15-7-5-14(6-8-15)19(24)20-13-18(23)21-22-29(25,26)17-11-9-16(10-12-17)28-4-2/h5-12,22H,3-4,13H2,1-2H3,(H,20,24)(H,21,23). The second-order valence-corrected chi connectivity index (χ2v) is 7.38. The van der Waals surface area contributed by atoms with Gasteiger partial charge in [0, 0.05) is 5.56 Å². The Bertz CT molecular complexity index is 927. The van der Waals surface area contributed by atoms with Gasteiger partial charge in [-0.15, -0.1) is 4.83 Å². The van der Waals surface area contributed by atoms with Crippen LogP contribution in [0.15, 0.2) is 53.4 Å². The maximum absolute atomic E-state index is 12.2. The van der Waals surface area contributed by atoms with Crippen molar-refractivity contribution in [2.24, 2.45) is 0 Å². The van der Waals surface area contributed by atoms with Crippen molar-refractivity contribution in [2.45, 2.75) is 18.7 Å².